The van der Waals surface area contributed by atoms with E-state index in [2.05, 4.69) is 11.9 Å². The van der Waals surface area contributed by atoms with Gasteiger partial charge in [-0.25, -0.2) is 0 Å². The summed E-state index contributed by atoms with van der Waals surface area (Å²) in [7, 11) is -1.19. The Kier molecular flexibility index (Phi) is 4.64. The molecule has 0 spiro atoms. The van der Waals surface area contributed by atoms with E-state index in [0.29, 0.717) is 19.6 Å². The van der Waals surface area contributed by atoms with Gasteiger partial charge >= 0.3 is 0 Å². The molecule has 6 heteroatoms. The molecule has 106 valence electrons. The molecule has 0 N–H and O–H groups in total. The predicted molar refractivity (Wildman–Crippen MR) is 72.6 cm³/mol. The predicted octanol–water partition coefficient (Wildman–Crippen LogP) is 0.743. The van der Waals surface area contributed by atoms with Crippen LogP contribution in [0.1, 0.15) is 32.6 Å². The molecule has 0 amide bonds. The normalized spacial score (nSPS) is 30.2. The van der Waals surface area contributed by atoms with E-state index in [1.165, 1.54) is 0 Å². The Labute approximate surface area is 111 Å². The lowest BCUT2D eigenvalue weighted by atomic mass is 10.1. The highest BCUT2D eigenvalue weighted by Crippen LogP contribution is 2.22. The van der Waals surface area contributed by atoms with E-state index in [1.807, 2.05) is 6.92 Å². The average molecular weight is 275 g/mol. The molecule has 2 fully saturated rings. The zero-order chi connectivity index (χ0) is 13.2. The van der Waals surface area contributed by atoms with Gasteiger partial charge in [0.15, 0.2) is 0 Å². The highest BCUT2D eigenvalue weighted by atomic mass is 32.2. The monoisotopic (exact) mass is 275 g/mol. The summed E-state index contributed by atoms with van der Waals surface area (Å²) in [5.41, 5.74) is 0. The molecule has 0 aromatic heterocycles. The fraction of sp³-hybridized carbons (Fsp3) is 1.00. The lowest BCUT2D eigenvalue weighted by molar-refractivity contribution is 0.244. The minimum Gasteiger partial charge on any atom is -0.305 e. The van der Waals surface area contributed by atoms with Crippen molar-refractivity contribution in [1.82, 2.24) is 13.5 Å². The molecule has 18 heavy (non-hydrogen) atoms. The van der Waals surface area contributed by atoms with Gasteiger partial charge in [-0.3, -0.25) is 0 Å². The topological polar surface area (TPSA) is 43.9 Å². The van der Waals surface area contributed by atoms with Crippen molar-refractivity contribution in [3.05, 3.63) is 0 Å². The van der Waals surface area contributed by atoms with Crippen molar-refractivity contribution in [3.8, 4) is 0 Å². The van der Waals surface area contributed by atoms with Crippen LogP contribution in [0.4, 0.5) is 0 Å². The van der Waals surface area contributed by atoms with Crippen LogP contribution >= 0.6 is 0 Å². The summed E-state index contributed by atoms with van der Waals surface area (Å²) in [6.45, 7) is 5.83. The summed E-state index contributed by atoms with van der Waals surface area (Å²) in [5, 5.41) is 0. The Morgan fingerprint density at radius 1 is 0.944 bits per heavy atom. The van der Waals surface area contributed by atoms with Gasteiger partial charge in [-0.2, -0.15) is 17.0 Å². The minimum atomic E-state index is -3.24. The van der Waals surface area contributed by atoms with Gasteiger partial charge in [0, 0.05) is 32.2 Å². The maximum Gasteiger partial charge on any atom is 0.282 e. The van der Waals surface area contributed by atoms with Crippen LogP contribution in [0.5, 0.6) is 0 Å². The van der Waals surface area contributed by atoms with Crippen molar-refractivity contribution in [2.24, 2.45) is 0 Å². The Balaban J connectivity index is 2.09. The first-order valence-electron chi connectivity index (χ1n) is 6.97. The van der Waals surface area contributed by atoms with Crippen molar-refractivity contribution in [1.29, 1.82) is 0 Å². The molecule has 2 heterocycles. The van der Waals surface area contributed by atoms with Gasteiger partial charge in [-0.15, -0.1) is 0 Å². The molecule has 5 nitrogen and oxygen atoms in total. The fourth-order valence-corrected chi connectivity index (χ4v) is 4.71. The second-order valence-electron chi connectivity index (χ2n) is 5.52. The summed E-state index contributed by atoms with van der Waals surface area (Å²) in [6, 6.07) is 0.157. The maximum atomic E-state index is 12.6. The highest BCUT2D eigenvalue weighted by molar-refractivity contribution is 7.86. The summed E-state index contributed by atoms with van der Waals surface area (Å²) >= 11 is 0. The van der Waals surface area contributed by atoms with E-state index in [4.69, 9.17) is 0 Å². The third-order valence-electron chi connectivity index (χ3n) is 4.04. The van der Waals surface area contributed by atoms with Crippen LogP contribution in [0.2, 0.25) is 0 Å². The molecule has 2 saturated heterocycles. The zero-order valence-corrected chi connectivity index (χ0v) is 12.3. The van der Waals surface area contributed by atoms with E-state index in [9.17, 15) is 8.42 Å². The molecule has 0 aromatic carbocycles. The fourth-order valence-electron chi connectivity index (χ4n) is 2.82. The van der Waals surface area contributed by atoms with Gasteiger partial charge in [0.2, 0.25) is 0 Å². The summed E-state index contributed by atoms with van der Waals surface area (Å²) in [5.74, 6) is 0. The first kappa shape index (κ1) is 14.2. The molecular formula is C12H25N3O2S. The molecule has 0 radical (unpaired) electrons. The Morgan fingerprint density at radius 2 is 1.72 bits per heavy atom. The summed E-state index contributed by atoms with van der Waals surface area (Å²) in [6.07, 6.45) is 4.07. The quantitative estimate of drug-likeness (QED) is 0.747. The number of piperidine rings is 1. The lowest BCUT2D eigenvalue weighted by Gasteiger charge is -2.36. The Hall–Kier alpha value is -0.170. The number of hydrogen-bond acceptors (Lipinski definition) is 3. The lowest BCUT2D eigenvalue weighted by Crippen LogP contribution is -2.50. The van der Waals surface area contributed by atoms with E-state index in [-0.39, 0.29) is 6.04 Å². The third-order valence-corrected chi connectivity index (χ3v) is 6.20. The zero-order valence-electron chi connectivity index (χ0n) is 11.5. The van der Waals surface area contributed by atoms with Gasteiger partial charge in [0.05, 0.1) is 0 Å². The first-order valence-corrected chi connectivity index (χ1v) is 8.37. The van der Waals surface area contributed by atoms with Crippen molar-refractivity contribution < 1.29 is 8.42 Å². The largest absolute Gasteiger partial charge is 0.305 e. The molecule has 2 aliphatic rings. The average Bonchev–Trinajstić information content (AvgIpc) is 2.54. The van der Waals surface area contributed by atoms with Crippen molar-refractivity contribution in [2.45, 2.75) is 38.6 Å². The van der Waals surface area contributed by atoms with Crippen LogP contribution in [-0.2, 0) is 10.2 Å². The van der Waals surface area contributed by atoms with E-state index < -0.39 is 10.2 Å². The maximum absolute atomic E-state index is 12.6. The van der Waals surface area contributed by atoms with E-state index >= 15 is 0 Å². The van der Waals surface area contributed by atoms with Gasteiger partial charge in [0.1, 0.15) is 0 Å². The molecular weight excluding hydrogens is 250 g/mol. The van der Waals surface area contributed by atoms with Crippen LogP contribution < -0.4 is 0 Å². The van der Waals surface area contributed by atoms with Crippen molar-refractivity contribution in [2.75, 3.05) is 39.8 Å². The molecule has 0 aliphatic carbocycles. The molecule has 2 rings (SSSR count). The number of likely N-dealkylation sites (N-methyl/N-ethyl adjacent to an activating group) is 1. The SMILES string of the molecule is C[C@H]1CCCCN1S(=O)(=O)N1CCCN(C)CC1. The van der Waals surface area contributed by atoms with Crippen LogP contribution in [0, 0.1) is 0 Å². The van der Waals surface area contributed by atoms with Gasteiger partial charge in [0.25, 0.3) is 10.2 Å². The van der Waals surface area contributed by atoms with Gasteiger partial charge in [-0.1, -0.05) is 6.42 Å². The van der Waals surface area contributed by atoms with Crippen LogP contribution in [-0.4, -0.2) is 67.7 Å². The second-order valence-corrected chi connectivity index (χ2v) is 7.40. The number of nitrogens with zero attached hydrogens (tertiary/aromatic N) is 3. The molecule has 1 atom stereocenters. The van der Waals surface area contributed by atoms with E-state index in [0.717, 1.165) is 38.8 Å². The standard InChI is InChI=1S/C12H25N3O2S/c1-12-6-3-4-9-15(12)18(16,17)14-8-5-7-13(2)10-11-14/h12H,3-11H2,1-2H3/t12-/m0/s1. The van der Waals surface area contributed by atoms with Gasteiger partial charge in [-0.05, 0) is 39.8 Å². The Bertz CT molecular complexity index is 372. The van der Waals surface area contributed by atoms with Gasteiger partial charge < -0.3 is 4.90 Å². The molecule has 0 aromatic rings. The molecule has 2 aliphatic heterocycles. The summed E-state index contributed by atoms with van der Waals surface area (Å²) in [4.78, 5) is 2.20. The third kappa shape index (κ3) is 3.04. The molecule has 0 unspecified atom stereocenters. The molecule has 0 bridgehead atoms. The van der Waals surface area contributed by atoms with Crippen molar-refractivity contribution >= 4 is 10.2 Å². The molecule has 0 saturated carbocycles. The number of rotatable bonds is 2. The number of hydrogen-bond donors (Lipinski definition) is 0. The second kappa shape index (κ2) is 5.86. The summed E-state index contributed by atoms with van der Waals surface area (Å²) < 4.78 is 28.7. The Morgan fingerprint density at radius 3 is 2.44 bits per heavy atom. The van der Waals surface area contributed by atoms with Crippen LogP contribution in [0.15, 0.2) is 0 Å². The first-order chi connectivity index (χ1) is 8.51. The van der Waals surface area contributed by atoms with Crippen LogP contribution in [0.25, 0.3) is 0 Å². The smallest absolute Gasteiger partial charge is 0.282 e. The highest BCUT2D eigenvalue weighted by Gasteiger charge is 2.34. The van der Waals surface area contributed by atoms with Crippen LogP contribution in [0.3, 0.4) is 0 Å². The van der Waals surface area contributed by atoms with E-state index in [1.54, 1.807) is 8.61 Å². The van der Waals surface area contributed by atoms with Crippen molar-refractivity contribution in [3.63, 3.8) is 0 Å². The minimum absolute atomic E-state index is 0.157.